The average Bonchev–Trinajstić information content (AvgIpc) is 2.37. The third-order valence-corrected chi connectivity index (χ3v) is 4.50. The maximum Gasteiger partial charge on any atom is 0.225 e. The van der Waals surface area contributed by atoms with Crippen molar-refractivity contribution in [2.75, 3.05) is 24.7 Å². The molecule has 6 heteroatoms. The second-order valence-corrected chi connectivity index (χ2v) is 7.26. The monoisotopic (exact) mass is 312 g/mol. The van der Waals surface area contributed by atoms with Crippen molar-refractivity contribution < 1.29 is 13.2 Å². The number of hydrogen-bond donors (Lipinski definition) is 1. The zero-order valence-electron chi connectivity index (χ0n) is 13.1. The van der Waals surface area contributed by atoms with E-state index in [1.54, 1.807) is 0 Å². The third-order valence-electron chi connectivity index (χ3n) is 3.20. The molecule has 0 fully saturated rings. The zero-order valence-corrected chi connectivity index (χ0v) is 14.0. The number of rotatable bonds is 7. The van der Waals surface area contributed by atoms with Crippen LogP contribution in [0.2, 0.25) is 0 Å². The molecule has 1 aromatic carbocycles. The maximum atomic E-state index is 12.0. The van der Waals surface area contributed by atoms with Gasteiger partial charge in [0.15, 0.2) is 0 Å². The van der Waals surface area contributed by atoms with Crippen molar-refractivity contribution in [2.45, 2.75) is 33.6 Å². The predicted molar refractivity (Wildman–Crippen MR) is 85.9 cm³/mol. The molecule has 21 heavy (non-hydrogen) atoms. The number of sulfonamides is 1. The van der Waals surface area contributed by atoms with Crippen LogP contribution < -0.4 is 5.32 Å². The lowest BCUT2D eigenvalue weighted by Crippen LogP contribution is -2.33. The first-order chi connectivity index (χ1) is 9.74. The zero-order chi connectivity index (χ0) is 16.0. The van der Waals surface area contributed by atoms with Gasteiger partial charge in [-0.3, -0.25) is 4.79 Å². The molecule has 1 amide bonds. The molecule has 0 aromatic heterocycles. The van der Waals surface area contributed by atoms with E-state index < -0.39 is 10.0 Å². The number of hydrogen-bond acceptors (Lipinski definition) is 3. The fourth-order valence-corrected chi connectivity index (χ4v) is 2.94. The van der Waals surface area contributed by atoms with E-state index in [9.17, 15) is 13.2 Å². The Kier molecular flexibility index (Phi) is 6.36. The summed E-state index contributed by atoms with van der Waals surface area (Å²) < 4.78 is 24.5. The second-order valence-electron chi connectivity index (χ2n) is 5.28. The fourth-order valence-electron chi connectivity index (χ4n) is 2.00. The summed E-state index contributed by atoms with van der Waals surface area (Å²) in [4.78, 5) is 12.0. The summed E-state index contributed by atoms with van der Waals surface area (Å²) in [6.07, 6.45) is 2.05. The largest absolute Gasteiger partial charge is 0.326 e. The Balaban J connectivity index is 2.63. The molecule has 1 rings (SSSR count). The normalized spacial score (nSPS) is 11.7. The van der Waals surface area contributed by atoms with Gasteiger partial charge in [-0.15, -0.1) is 0 Å². The third kappa shape index (κ3) is 5.85. The molecule has 0 spiro atoms. The van der Waals surface area contributed by atoms with Crippen LogP contribution in [0.3, 0.4) is 0 Å². The first-order valence-corrected chi connectivity index (χ1v) is 8.91. The van der Waals surface area contributed by atoms with E-state index in [-0.39, 0.29) is 18.9 Å². The summed E-state index contributed by atoms with van der Waals surface area (Å²) in [5, 5.41) is 2.84. The van der Waals surface area contributed by atoms with Crippen LogP contribution in [0, 0.1) is 13.8 Å². The summed E-state index contributed by atoms with van der Waals surface area (Å²) in [6.45, 7) is 6.45. The van der Waals surface area contributed by atoms with Gasteiger partial charge in [0.1, 0.15) is 0 Å². The molecule has 0 saturated heterocycles. The first kappa shape index (κ1) is 17.7. The molecule has 0 radical (unpaired) electrons. The van der Waals surface area contributed by atoms with E-state index in [4.69, 9.17) is 0 Å². The molecule has 0 heterocycles. The first-order valence-electron chi connectivity index (χ1n) is 7.06. The van der Waals surface area contributed by atoms with Gasteiger partial charge in [-0.05, 0) is 37.5 Å². The molecule has 0 aliphatic heterocycles. The summed E-state index contributed by atoms with van der Waals surface area (Å²) in [6, 6.07) is 5.84. The SMILES string of the molecule is CCCN(CCC(=O)Nc1cc(C)ccc1C)S(C)(=O)=O. The van der Waals surface area contributed by atoms with Crippen LogP contribution in [0.1, 0.15) is 30.9 Å². The Hall–Kier alpha value is -1.40. The van der Waals surface area contributed by atoms with E-state index in [1.165, 1.54) is 10.6 Å². The number of benzene rings is 1. The highest BCUT2D eigenvalue weighted by molar-refractivity contribution is 7.88. The van der Waals surface area contributed by atoms with Gasteiger partial charge < -0.3 is 5.32 Å². The number of nitrogens with zero attached hydrogens (tertiary/aromatic N) is 1. The van der Waals surface area contributed by atoms with Gasteiger partial charge in [0, 0.05) is 25.2 Å². The minimum atomic E-state index is -3.26. The van der Waals surface area contributed by atoms with Crippen molar-refractivity contribution in [1.82, 2.24) is 4.31 Å². The van der Waals surface area contributed by atoms with E-state index in [0.29, 0.717) is 6.54 Å². The highest BCUT2D eigenvalue weighted by Gasteiger charge is 2.16. The lowest BCUT2D eigenvalue weighted by Gasteiger charge is -2.19. The Bertz CT molecular complexity index is 597. The molecule has 0 saturated carbocycles. The van der Waals surface area contributed by atoms with Crippen molar-refractivity contribution in [2.24, 2.45) is 0 Å². The van der Waals surface area contributed by atoms with Crippen LogP contribution in [0.25, 0.3) is 0 Å². The van der Waals surface area contributed by atoms with Gasteiger partial charge in [0.25, 0.3) is 0 Å². The van der Waals surface area contributed by atoms with Crippen LogP contribution in [0.4, 0.5) is 5.69 Å². The highest BCUT2D eigenvalue weighted by atomic mass is 32.2. The number of carbonyl (C=O) groups is 1. The van der Waals surface area contributed by atoms with Crippen molar-refractivity contribution in [1.29, 1.82) is 0 Å². The van der Waals surface area contributed by atoms with Gasteiger partial charge in [0.2, 0.25) is 15.9 Å². The number of carbonyl (C=O) groups excluding carboxylic acids is 1. The minimum absolute atomic E-state index is 0.153. The van der Waals surface area contributed by atoms with E-state index in [0.717, 1.165) is 23.2 Å². The average molecular weight is 312 g/mol. The van der Waals surface area contributed by atoms with E-state index in [2.05, 4.69) is 5.32 Å². The van der Waals surface area contributed by atoms with Gasteiger partial charge in [-0.25, -0.2) is 12.7 Å². The van der Waals surface area contributed by atoms with Crippen molar-refractivity contribution in [3.8, 4) is 0 Å². The number of nitrogens with one attached hydrogen (secondary N) is 1. The second kappa shape index (κ2) is 7.56. The molecule has 0 aliphatic carbocycles. The Labute approximate surface area is 127 Å². The lowest BCUT2D eigenvalue weighted by molar-refractivity contribution is -0.116. The molecule has 118 valence electrons. The van der Waals surface area contributed by atoms with Crippen molar-refractivity contribution in [3.05, 3.63) is 29.3 Å². The summed E-state index contributed by atoms with van der Waals surface area (Å²) in [7, 11) is -3.26. The quantitative estimate of drug-likeness (QED) is 0.840. The summed E-state index contributed by atoms with van der Waals surface area (Å²) in [5.41, 5.74) is 2.84. The van der Waals surface area contributed by atoms with Crippen LogP contribution in [0.5, 0.6) is 0 Å². The molecule has 5 nitrogen and oxygen atoms in total. The molecule has 1 aromatic rings. The van der Waals surface area contributed by atoms with Crippen LogP contribution in [-0.4, -0.2) is 38.0 Å². The molecular formula is C15H24N2O3S. The topological polar surface area (TPSA) is 66.5 Å². The Morgan fingerprint density at radius 1 is 1.24 bits per heavy atom. The van der Waals surface area contributed by atoms with Crippen LogP contribution in [-0.2, 0) is 14.8 Å². The van der Waals surface area contributed by atoms with Gasteiger partial charge in [-0.1, -0.05) is 19.1 Å². The number of anilines is 1. The van der Waals surface area contributed by atoms with E-state index in [1.807, 2.05) is 39.0 Å². The van der Waals surface area contributed by atoms with Crippen LogP contribution >= 0.6 is 0 Å². The maximum absolute atomic E-state index is 12.0. The van der Waals surface area contributed by atoms with Crippen molar-refractivity contribution >= 4 is 21.6 Å². The Morgan fingerprint density at radius 3 is 2.48 bits per heavy atom. The molecular weight excluding hydrogens is 288 g/mol. The standard InChI is InChI=1S/C15H24N2O3S/c1-5-9-17(21(4,19)20)10-8-15(18)16-14-11-12(2)6-7-13(14)3/h6-7,11H,5,8-10H2,1-4H3,(H,16,18). The van der Waals surface area contributed by atoms with Gasteiger partial charge in [-0.2, -0.15) is 0 Å². The predicted octanol–water partition coefficient (Wildman–Crippen LogP) is 2.30. The number of aryl methyl sites for hydroxylation is 2. The van der Waals surface area contributed by atoms with Gasteiger partial charge >= 0.3 is 0 Å². The van der Waals surface area contributed by atoms with E-state index >= 15 is 0 Å². The highest BCUT2D eigenvalue weighted by Crippen LogP contribution is 2.16. The summed E-state index contributed by atoms with van der Waals surface area (Å²) >= 11 is 0. The summed E-state index contributed by atoms with van der Waals surface area (Å²) in [5.74, 6) is -0.173. The molecule has 0 aliphatic rings. The molecule has 0 unspecified atom stereocenters. The van der Waals surface area contributed by atoms with Gasteiger partial charge in [0.05, 0.1) is 6.26 Å². The van der Waals surface area contributed by atoms with Crippen molar-refractivity contribution in [3.63, 3.8) is 0 Å². The number of amides is 1. The molecule has 1 N–H and O–H groups in total. The fraction of sp³-hybridized carbons (Fsp3) is 0.533. The van der Waals surface area contributed by atoms with Crippen LogP contribution in [0.15, 0.2) is 18.2 Å². The smallest absolute Gasteiger partial charge is 0.225 e. The molecule has 0 atom stereocenters. The molecule has 0 bridgehead atoms. The lowest BCUT2D eigenvalue weighted by atomic mass is 10.1. The minimum Gasteiger partial charge on any atom is -0.326 e. The Morgan fingerprint density at radius 2 is 1.90 bits per heavy atom.